The van der Waals surface area contributed by atoms with Crippen LogP contribution in [0.3, 0.4) is 0 Å². The summed E-state index contributed by atoms with van der Waals surface area (Å²) in [5.41, 5.74) is 1.78. The predicted octanol–water partition coefficient (Wildman–Crippen LogP) is 3.11. The molecular formula is C20H24FN3O2. The zero-order valence-electron chi connectivity index (χ0n) is 14.8. The Balaban J connectivity index is 1.82. The fourth-order valence-electron chi connectivity index (χ4n) is 2.46. The molecule has 0 radical (unpaired) electrons. The van der Waals surface area contributed by atoms with Crippen molar-refractivity contribution in [2.75, 3.05) is 0 Å². The summed E-state index contributed by atoms with van der Waals surface area (Å²) in [4.78, 5) is 24.4. The number of halogens is 1. The van der Waals surface area contributed by atoms with Crippen molar-refractivity contribution in [3.8, 4) is 0 Å². The fraction of sp³-hybridized carbons (Fsp3) is 0.300. The maximum atomic E-state index is 12.9. The van der Waals surface area contributed by atoms with Crippen LogP contribution in [0.25, 0.3) is 0 Å². The largest absolute Gasteiger partial charge is 0.350 e. The number of rotatable bonds is 8. The van der Waals surface area contributed by atoms with Gasteiger partial charge in [0.05, 0.1) is 0 Å². The van der Waals surface area contributed by atoms with E-state index >= 15 is 0 Å². The van der Waals surface area contributed by atoms with E-state index in [0.717, 1.165) is 17.5 Å². The van der Waals surface area contributed by atoms with Gasteiger partial charge in [-0.15, -0.1) is 0 Å². The Kier molecular flexibility index (Phi) is 7.61. The number of amides is 3. The first-order valence-corrected chi connectivity index (χ1v) is 8.69. The summed E-state index contributed by atoms with van der Waals surface area (Å²) in [6.07, 6.45) is 1.31. The third-order valence-electron chi connectivity index (χ3n) is 3.88. The molecule has 2 rings (SSSR count). The minimum absolute atomic E-state index is 0.215. The smallest absolute Gasteiger partial charge is 0.315 e. The van der Waals surface area contributed by atoms with E-state index in [1.54, 1.807) is 12.1 Å². The highest BCUT2D eigenvalue weighted by molar-refractivity contribution is 5.86. The standard InChI is InChI=1S/C20H24FN3O2/c1-2-6-18(19(25)22-13-15-7-4-3-5-8-15)24-20(26)23-14-16-9-11-17(21)12-10-16/h3-5,7-12,18H,2,6,13-14H2,1H3,(H,22,25)(H2,23,24,26). The van der Waals surface area contributed by atoms with E-state index < -0.39 is 12.1 Å². The molecule has 6 heteroatoms. The zero-order chi connectivity index (χ0) is 18.8. The van der Waals surface area contributed by atoms with E-state index in [-0.39, 0.29) is 18.3 Å². The average molecular weight is 357 g/mol. The molecule has 5 nitrogen and oxygen atoms in total. The number of nitrogens with one attached hydrogen (secondary N) is 3. The van der Waals surface area contributed by atoms with Crippen molar-refractivity contribution in [2.45, 2.75) is 38.9 Å². The second-order valence-electron chi connectivity index (χ2n) is 6.00. The third kappa shape index (κ3) is 6.55. The minimum atomic E-state index is -0.600. The Bertz CT molecular complexity index is 705. The average Bonchev–Trinajstić information content (AvgIpc) is 2.66. The van der Waals surface area contributed by atoms with Crippen LogP contribution < -0.4 is 16.0 Å². The van der Waals surface area contributed by atoms with Crippen LogP contribution in [0.4, 0.5) is 9.18 Å². The third-order valence-corrected chi connectivity index (χ3v) is 3.88. The first-order valence-electron chi connectivity index (χ1n) is 8.69. The molecule has 26 heavy (non-hydrogen) atoms. The van der Waals surface area contributed by atoms with Crippen LogP contribution in [0.5, 0.6) is 0 Å². The Labute approximate surface area is 153 Å². The van der Waals surface area contributed by atoms with Crippen molar-refractivity contribution in [3.63, 3.8) is 0 Å². The van der Waals surface area contributed by atoms with Crippen LogP contribution >= 0.6 is 0 Å². The molecule has 0 spiro atoms. The second kappa shape index (κ2) is 10.2. The molecule has 0 aliphatic carbocycles. The zero-order valence-corrected chi connectivity index (χ0v) is 14.8. The lowest BCUT2D eigenvalue weighted by Crippen LogP contribution is -2.49. The van der Waals surface area contributed by atoms with Crippen molar-refractivity contribution in [1.82, 2.24) is 16.0 Å². The van der Waals surface area contributed by atoms with Gasteiger partial charge in [0.15, 0.2) is 0 Å². The van der Waals surface area contributed by atoms with Gasteiger partial charge in [0.2, 0.25) is 5.91 Å². The van der Waals surface area contributed by atoms with Crippen LogP contribution in [0, 0.1) is 5.82 Å². The summed E-state index contributed by atoms with van der Waals surface area (Å²) < 4.78 is 12.9. The van der Waals surface area contributed by atoms with Gasteiger partial charge in [0, 0.05) is 13.1 Å². The molecule has 3 N–H and O–H groups in total. The van der Waals surface area contributed by atoms with Gasteiger partial charge in [-0.2, -0.15) is 0 Å². The molecule has 0 saturated heterocycles. The number of hydrogen-bond donors (Lipinski definition) is 3. The topological polar surface area (TPSA) is 70.2 Å². The van der Waals surface area contributed by atoms with Gasteiger partial charge in [0.1, 0.15) is 11.9 Å². The van der Waals surface area contributed by atoms with Gasteiger partial charge < -0.3 is 16.0 Å². The Morgan fingerprint density at radius 1 is 0.923 bits per heavy atom. The quantitative estimate of drug-likeness (QED) is 0.679. The van der Waals surface area contributed by atoms with Crippen molar-refractivity contribution in [2.24, 2.45) is 0 Å². The Morgan fingerprint density at radius 2 is 1.54 bits per heavy atom. The first kappa shape index (κ1) is 19.4. The monoisotopic (exact) mass is 357 g/mol. The molecule has 0 aromatic heterocycles. The molecule has 0 heterocycles. The van der Waals surface area contributed by atoms with Crippen molar-refractivity contribution in [3.05, 3.63) is 71.5 Å². The second-order valence-corrected chi connectivity index (χ2v) is 6.00. The van der Waals surface area contributed by atoms with Gasteiger partial charge in [-0.25, -0.2) is 9.18 Å². The van der Waals surface area contributed by atoms with E-state index in [2.05, 4.69) is 16.0 Å². The normalized spacial score (nSPS) is 11.5. The van der Waals surface area contributed by atoms with E-state index in [1.165, 1.54) is 12.1 Å². The Morgan fingerprint density at radius 3 is 2.19 bits per heavy atom. The van der Waals surface area contributed by atoms with Crippen molar-refractivity contribution >= 4 is 11.9 Å². The summed E-state index contributed by atoms with van der Waals surface area (Å²) in [6.45, 7) is 2.63. The van der Waals surface area contributed by atoms with Crippen LogP contribution in [0.15, 0.2) is 54.6 Å². The van der Waals surface area contributed by atoms with Crippen LogP contribution in [-0.2, 0) is 17.9 Å². The number of benzene rings is 2. The molecule has 0 aliphatic rings. The van der Waals surface area contributed by atoms with Crippen LogP contribution in [0.2, 0.25) is 0 Å². The highest BCUT2D eigenvalue weighted by Gasteiger charge is 2.19. The molecule has 0 fully saturated rings. The Hall–Kier alpha value is -2.89. The van der Waals surface area contributed by atoms with E-state index in [0.29, 0.717) is 13.0 Å². The van der Waals surface area contributed by atoms with E-state index in [9.17, 15) is 14.0 Å². The van der Waals surface area contributed by atoms with Crippen LogP contribution in [0.1, 0.15) is 30.9 Å². The van der Waals surface area contributed by atoms with Gasteiger partial charge in [0.25, 0.3) is 0 Å². The molecular weight excluding hydrogens is 333 g/mol. The number of urea groups is 1. The van der Waals surface area contributed by atoms with E-state index in [4.69, 9.17) is 0 Å². The molecule has 1 atom stereocenters. The van der Waals surface area contributed by atoms with Crippen LogP contribution in [-0.4, -0.2) is 18.0 Å². The lowest BCUT2D eigenvalue weighted by atomic mass is 10.1. The molecule has 0 bridgehead atoms. The number of carbonyl (C=O) groups excluding carboxylic acids is 2. The fourth-order valence-corrected chi connectivity index (χ4v) is 2.46. The predicted molar refractivity (Wildman–Crippen MR) is 98.8 cm³/mol. The highest BCUT2D eigenvalue weighted by atomic mass is 19.1. The summed E-state index contributed by atoms with van der Waals surface area (Å²) in [5.74, 6) is -0.538. The lowest BCUT2D eigenvalue weighted by molar-refractivity contribution is -0.123. The van der Waals surface area contributed by atoms with Gasteiger partial charge in [-0.1, -0.05) is 55.8 Å². The highest BCUT2D eigenvalue weighted by Crippen LogP contribution is 2.03. The van der Waals surface area contributed by atoms with E-state index in [1.807, 2.05) is 37.3 Å². The number of hydrogen-bond acceptors (Lipinski definition) is 2. The molecule has 1 unspecified atom stereocenters. The lowest BCUT2D eigenvalue weighted by Gasteiger charge is -2.18. The molecule has 2 aromatic rings. The number of carbonyl (C=O) groups is 2. The van der Waals surface area contributed by atoms with Gasteiger partial charge in [-0.3, -0.25) is 4.79 Å². The summed E-state index contributed by atoms with van der Waals surface area (Å²) in [7, 11) is 0. The molecule has 3 amide bonds. The van der Waals surface area contributed by atoms with Gasteiger partial charge in [-0.05, 0) is 29.7 Å². The maximum Gasteiger partial charge on any atom is 0.315 e. The first-order chi connectivity index (χ1) is 12.6. The molecule has 2 aromatic carbocycles. The molecule has 0 aliphatic heterocycles. The summed E-state index contributed by atoms with van der Waals surface area (Å²) >= 11 is 0. The summed E-state index contributed by atoms with van der Waals surface area (Å²) in [6, 6.07) is 14.4. The minimum Gasteiger partial charge on any atom is -0.350 e. The van der Waals surface area contributed by atoms with Gasteiger partial charge >= 0.3 is 6.03 Å². The molecule has 138 valence electrons. The molecule has 0 saturated carbocycles. The van der Waals surface area contributed by atoms with Crippen molar-refractivity contribution < 1.29 is 14.0 Å². The maximum absolute atomic E-state index is 12.9. The summed E-state index contributed by atoms with van der Waals surface area (Å²) in [5, 5.41) is 8.23. The SMILES string of the molecule is CCCC(NC(=O)NCc1ccc(F)cc1)C(=O)NCc1ccccc1. The van der Waals surface area contributed by atoms with Crippen molar-refractivity contribution in [1.29, 1.82) is 0 Å².